The number of carbonyl (C=O) groups is 1. The van der Waals surface area contributed by atoms with Gasteiger partial charge in [-0.1, -0.05) is 0 Å². The molecule has 1 aliphatic rings. The maximum absolute atomic E-state index is 12.6. The summed E-state index contributed by atoms with van der Waals surface area (Å²) in [4.78, 5) is 12.6. The molecule has 32 heavy (non-hydrogen) atoms. The Balaban J connectivity index is 1.87. The Morgan fingerprint density at radius 1 is 0.688 bits per heavy atom. The van der Waals surface area contributed by atoms with Crippen molar-refractivity contribution in [1.82, 2.24) is 0 Å². The smallest absolute Gasteiger partial charge is 0.309 e. The van der Waals surface area contributed by atoms with Crippen LogP contribution < -0.4 is 28.4 Å². The fraction of sp³-hybridized carbons (Fsp3) is 0.458. The Bertz CT molecular complexity index is 905. The first-order valence-electron chi connectivity index (χ1n) is 10.2. The zero-order valence-corrected chi connectivity index (χ0v) is 19.4. The summed E-state index contributed by atoms with van der Waals surface area (Å²) >= 11 is 0. The minimum atomic E-state index is -0.308. The van der Waals surface area contributed by atoms with E-state index < -0.39 is 0 Å². The van der Waals surface area contributed by atoms with E-state index >= 15 is 0 Å². The molecule has 2 atom stereocenters. The Morgan fingerprint density at radius 2 is 1.09 bits per heavy atom. The fourth-order valence-electron chi connectivity index (χ4n) is 4.12. The fourth-order valence-corrected chi connectivity index (χ4v) is 4.12. The summed E-state index contributed by atoms with van der Waals surface area (Å²) in [6.07, 6.45) is 1.11. The molecule has 3 rings (SSSR count). The molecular formula is C24H30O8. The number of benzene rings is 2. The van der Waals surface area contributed by atoms with Crippen LogP contribution in [0.25, 0.3) is 0 Å². The lowest BCUT2D eigenvalue weighted by Gasteiger charge is -2.19. The Hall–Kier alpha value is -3.29. The monoisotopic (exact) mass is 446 g/mol. The Kier molecular flexibility index (Phi) is 7.56. The summed E-state index contributed by atoms with van der Waals surface area (Å²) in [6.45, 7) is 0.352. The number of hydrogen-bond acceptors (Lipinski definition) is 8. The SMILES string of the molecule is COc1cc(CC2COC(=O)C2Cc2cc(OC)c(OC)c(OC)c2)cc(OC)c1OC. The van der Waals surface area contributed by atoms with Crippen LogP contribution in [0.3, 0.4) is 0 Å². The van der Waals surface area contributed by atoms with Gasteiger partial charge >= 0.3 is 5.97 Å². The largest absolute Gasteiger partial charge is 0.493 e. The number of hydrogen-bond donors (Lipinski definition) is 0. The number of cyclic esters (lactones) is 1. The second-order valence-corrected chi connectivity index (χ2v) is 7.47. The van der Waals surface area contributed by atoms with Gasteiger partial charge in [0.05, 0.1) is 55.2 Å². The van der Waals surface area contributed by atoms with Crippen LogP contribution in [0.2, 0.25) is 0 Å². The molecule has 0 aliphatic carbocycles. The maximum atomic E-state index is 12.6. The van der Waals surface area contributed by atoms with Crippen molar-refractivity contribution in [3.63, 3.8) is 0 Å². The molecule has 1 aliphatic heterocycles. The zero-order valence-electron chi connectivity index (χ0n) is 19.4. The highest BCUT2D eigenvalue weighted by Crippen LogP contribution is 2.41. The first-order valence-corrected chi connectivity index (χ1v) is 10.2. The van der Waals surface area contributed by atoms with E-state index in [-0.39, 0.29) is 17.8 Å². The molecule has 8 heteroatoms. The van der Waals surface area contributed by atoms with E-state index in [0.29, 0.717) is 53.9 Å². The third kappa shape index (κ3) is 4.64. The molecule has 2 aromatic carbocycles. The van der Waals surface area contributed by atoms with Gasteiger partial charge in [-0.2, -0.15) is 0 Å². The van der Waals surface area contributed by atoms with Gasteiger partial charge in [-0.3, -0.25) is 4.79 Å². The number of esters is 1. The van der Waals surface area contributed by atoms with Crippen molar-refractivity contribution in [2.75, 3.05) is 49.3 Å². The predicted octanol–water partition coefficient (Wildman–Crippen LogP) is 3.31. The van der Waals surface area contributed by atoms with E-state index in [1.165, 1.54) is 0 Å². The number of rotatable bonds is 10. The molecule has 0 amide bonds. The molecule has 0 spiro atoms. The average molecular weight is 446 g/mol. The normalized spacial score (nSPS) is 17.5. The second-order valence-electron chi connectivity index (χ2n) is 7.47. The topological polar surface area (TPSA) is 81.7 Å². The van der Waals surface area contributed by atoms with Gasteiger partial charge in [0.2, 0.25) is 11.5 Å². The Morgan fingerprint density at radius 3 is 1.47 bits per heavy atom. The van der Waals surface area contributed by atoms with Gasteiger partial charge in [0.15, 0.2) is 23.0 Å². The number of methoxy groups -OCH3 is 6. The van der Waals surface area contributed by atoms with Gasteiger partial charge in [-0.15, -0.1) is 0 Å². The summed E-state index contributed by atoms with van der Waals surface area (Å²) in [6, 6.07) is 7.54. The summed E-state index contributed by atoms with van der Waals surface area (Å²) < 4.78 is 38.0. The highest BCUT2D eigenvalue weighted by molar-refractivity contribution is 5.75. The summed E-state index contributed by atoms with van der Waals surface area (Å²) in [7, 11) is 9.42. The van der Waals surface area contributed by atoms with Crippen molar-refractivity contribution in [3.8, 4) is 34.5 Å². The molecule has 0 bridgehead atoms. The van der Waals surface area contributed by atoms with Gasteiger partial charge in [-0.05, 0) is 48.2 Å². The summed E-state index contributed by atoms with van der Waals surface area (Å²) in [5, 5.41) is 0. The zero-order chi connectivity index (χ0) is 23.3. The van der Waals surface area contributed by atoms with Gasteiger partial charge in [0, 0.05) is 5.92 Å². The molecule has 2 aromatic rings. The van der Waals surface area contributed by atoms with E-state index in [0.717, 1.165) is 11.1 Å². The van der Waals surface area contributed by atoms with Crippen molar-refractivity contribution in [2.24, 2.45) is 11.8 Å². The predicted molar refractivity (Wildman–Crippen MR) is 118 cm³/mol. The van der Waals surface area contributed by atoms with Crippen molar-refractivity contribution >= 4 is 5.97 Å². The van der Waals surface area contributed by atoms with Crippen molar-refractivity contribution in [3.05, 3.63) is 35.4 Å². The van der Waals surface area contributed by atoms with Crippen molar-refractivity contribution in [1.29, 1.82) is 0 Å². The molecule has 0 aromatic heterocycles. The van der Waals surface area contributed by atoms with Gasteiger partial charge in [0.25, 0.3) is 0 Å². The van der Waals surface area contributed by atoms with Crippen LogP contribution in [0.5, 0.6) is 34.5 Å². The first kappa shape index (κ1) is 23.4. The molecule has 2 unspecified atom stereocenters. The van der Waals surface area contributed by atoms with E-state index in [4.69, 9.17) is 33.2 Å². The average Bonchev–Trinajstić information content (AvgIpc) is 3.16. The van der Waals surface area contributed by atoms with Crippen LogP contribution in [0.15, 0.2) is 24.3 Å². The van der Waals surface area contributed by atoms with Crippen LogP contribution in [0, 0.1) is 11.8 Å². The highest BCUT2D eigenvalue weighted by Gasteiger charge is 2.37. The molecular weight excluding hydrogens is 416 g/mol. The van der Waals surface area contributed by atoms with Gasteiger partial charge in [0.1, 0.15) is 0 Å². The third-order valence-corrected chi connectivity index (χ3v) is 5.71. The molecule has 1 saturated heterocycles. The summed E-state index contributed by atoms with van der Waals surface area (Å²) in [5.41, 5.74) is 1.87. The van der Waals surface area contributed by atoms with Crippen LogP contribution in [-0.4, -0.2) is 55.2 Å². The summed E-state index contributed by atoms with van der Waals surface area (Å²) in [5.74, 6) is 2.77. The lowest BCUT2D eigenvalue weighted by molar-refractivity contribution is -0.141. The van der Waals surface area contributed by atoms with E-state index in [1.54, 1.807) is 42.7 Å². The third-order valence-electron chi connectivity index (χ3n) is 5.71. The standard InChI is InChI=1S/C24H30O8/c1-26-18-9-14(10-19(27-2)22(18)30-5)7-16-13-32-24(25)17(16)8-15-11-20(28-3)23(31-6)21(12-15)29-4/h9-12,16-17H,7-8,13H2,1-6H3. The van der Waals surface area contributed by atoms with E-state index in [9.17, 15) is 4.79 Å². The molecule has 1 fully saturated rings. The van der Waals surface area contributed by atoms with E-state index in [2.05, 4.69) is 0 Å². The van der Waals surface area contributed by atoms with E-state index in [1.807, 2.05) is 24.3 Å². The molecule has 8 nitrogen and oxygen atoms in total. The van der Waals surface area contributed by atoms with Gasteiger partial charge in [-0.25, -0.2) is 0 Å². The minimum Gasteiger partial charge on any atom is -0.493 e. The second kappa shape index (κ2) is 10.3. The molecule has 174 valence electrons. The van der Waals surface area contributed by atoms with Crippen LogP contribution in [0.4, 0.5) is 0 Å². The highest BCUT2D eigenvalue weighted by atomic mass is 16.5. The molecule has 1 heterocycles. The van der Waals surface area contributed by atoms with Crippen molar-refractivity contribution < 1.29 is 38.0 Å². The maximum Gasteiger partial charge on any atom is 0.309 e. The van der Waals surface area contributed by atoms with Crippen LogP contribution in [-0.2, 0) is 22.4 Å². The van der Waals surface area contributed by atoms with Crippen LogP contribution >= 0.6 is 0 Å². The number of carbonyl (C=O) groups excluding carboxylic acids is 1. The van der Waals surface area contributed by atoms with Crippen molar-refractivity contribution in [2.45, 2.75) is 12.8 Å². The minimum absolute atomic E-state index is 0.00982. The lowest BCUT2D eigenvalue weighted by atomic mass is 9.84. The Labute approximate surface area is 188 Å². The molecule has 0 saturated carbocycles. The lowest BCUT2D eigenvalue weighted by Crippen LogP contribution is -2.21. The quantitative estimate of drug-likeness (QED) is 0.514. The molecule has 0 N–H and O–H groups in total. The number of ether oxygens (including phenoxy) is 7. The molecule has 0 radical (unpaired) electrons. The first-order chi connectivity index (χ1) is 15.5. The van der Waals surface area contributed by atoms with Crippen LogP contribution in [0.1, 0.15) is 11.1 Å². The van der Waals surface area contributed by atoms with Gasteiger partial charge < -0.3 is 33.2 Å².